The Bertz CT molecular complexity index is 858. The fraction of sp³-hybridized carbons (Fsp3) is 0.409. The number of hydrogen-bond donors (Lipinski definition) is 2. The SMILES string of the molecule is CC.Clc1cccc(CN=C2Nc3c(Cl)cc(Cl)cc3NC23CCCCC3)c1. The standard InChI is InChI=1S/C20H20Cl3N3.C2H6/c21-14-6-4-5-13(9-14)12-24-19-20(7-2-1-3-8-20)26-17-11-15(22)10-16(23)18(17)25-19;1-2/h4-6,9-11,26H,1-3,7-8,12H2,(H,24,25);1-2H3. The molecule has 0 atom stereocenters. The predicted molar refractivity (Wildman–Crippen MR) is 123 cm³/mol. The molecular formula is C22H26Cl3N3. The van der Waals surface area contributed by atoms with E-state index in [1.54, 1.807) is 6.07 Å². The van der Waals surface area contributed by atoms with Crippen molar-refractivity contribution < 1.29 is 0 Å². The first kappa shape index (κ1) is 21.3. The Balaban J connectivity index is 0.00000109. The second-order valence-electron chi connectivity index (χ2n) is 7.00. The molecule has 0 radical (unpaired) electrons. The van der Waals surface area contributed by atoms with Crippen molar-refractivity contribution in [2.45, 2.75) is 58.0 Å². The van der Waals surface area contributed by atoms with E-state index in [1.165, 1.54) is 19.3 Å². The van der Waals surface area contributed by atoms with Gasteiger partial charge in [0.2, 0.25) is 0 Å². The molecule has 1 aliphatic carbocycles. The highest BCUT2D eigenvalue weighted by molar-refractivity contribution is 6.38. The average Bonchev–Trinajstić information content (AvgIpc) is 2.69. The number of benzene rings is 2. The van der Waals surface area contributed by atoms with Crippen LogP contribution in [0.3, 0.4) is 0 Å². The lowest BCUT2D eigenvalue weighted by Crippen LogP contribution is -2.53. The average molecular weight is 439 g/mol. The molecule has 4 rings (SSSR count). The molecule has 150 valence electrons. The van der Waals surface area contributed by atoms with Crippen LogP contribution in [0.5, 0.6) is 0 Å². The summed E-state index contributed by atoms with van der Waals surface area (Å²) >= 11 is 18.7. The molecule has 2 aliphatic rings. The number of aliphatic imine (C=N–C) groups is 1. The molecule has 6 heteroatoms. The topological polar surface area (TPSA) is 36.4 Å². The smallest absolute Gasteiger partial charge is 0.127 e. The maximum absolute atomic E-state index is 6.42. The number of nitrogens with one attached hydrogen (secondary N) is 2. The van der Waals surface area contributed by atoms with Gasteiger partial charge in [0.05, 0.1) is 28.5 Å². The fourth-order valence-electron chi connectivity index (χ4n) is 3.87. The number of amidine groups is 1. The van der Waals surface area contributed by atoms with Gasteiger partial charge in [-0.1, -0.05) is 80.0 Å². The van der Waals surface area contributed by atoms with Crippen LogP contribution in [0.15, 0.2) is 41.4 Å². The first-order valence-electron chi connectivity index (χ1n) is 9.89. The van der Waals surface area contributed by atoms with Gasteiger partial charge in [0.25, 0.3) is 0 Å². The molecule has 0 unspecified atom stereocenters. The van der Waals surface area contributed by atoms with Gasteiger partial charge in [-0.3, -0.25) is 4.99 Å². The van der Waals surface area contributed by atoms with Gasteiger partial charge in [-0.05, 0) is 42.7 Å². The maximum atomic E-state index is 6.42. The molecule has 0 bridgehead atoms. The third-order valence-corrected chi connectivity index (χ3v) is 5.89. The van der Waals surface area contributed by atoms with E-state index in [0.29, 0.717) is 16.6 Å². The number of hydrogen-bond acceptors (Lipinski definition) is 2. The van der Waals surface area contributed by atoms with Crippen LogP contribution in [0.1, 0.15) is 51.5 Å². The number of rotatable bonds is 2. The summed E-state index contributed by atoms with van der Waals surface area (Å²) in [5.74, 6) is 0.953. The van der Waals surface area contributed by atoms with E-state index in [2.05, 4.69) is 10.6 Å². The lowest BCUT2D eigenvalue weighted by Gasteiger charge is -2.44. The molecule has 28 heavy (non-hydrogen) atoms. The number of nitrogens with zero attached hydrogens (tertiary/aromatic N) is 1. The molecule has 1 heterocycles. The largest absolute Gasteiger partial charge is 0.371 e. The molecule has 0 amide bonds. The van der Waals surface area contributed by atoms with Gasteiger partial charge in [0, 0.05) is 10.0 Å². The van der Waals surface area contributed by atoms with E-state index >= 15 is 0 Å². The summed E-state index contributed by atoms with van der Waals surface area (Å²) in [7, 11) is 0. The quantitative estimate of drug-likeness (QED) is 0.501. The Labute approximate surface area is 182 Å². The minimum atomic E-state index is -0.183. The van der Waals surface area contributed by atoms with Gasteiger partial charge in [-0.2, -0.15) is 0 Å². The highest BCUT2D eigenvalue weighted by Gasteiger charge is 2.41. The van der Waals surface area contributed by atoms with Crippen LogP contribution in [-0.2, 0) is 6.54 Å². The van der Waals surface area contributed by atoms with Crippen molar-refractivity contribution in [2.24, 2.45) is 4.99 Å². The van der Waals surface area contributed by atoms with Crippen molar-refractivity contribution in [3.63, 3.8) is 0 Å². The molecule has 1 aliphatic heterocycles. The Hall–Kier alpha value is -1.42. The van der Waals surface area contributed by atoms with Crippen LogP contribution in [0, 0.1) is 0 Å². The molecular weight excluding hydrogens is 413 g/mol. The molecule has 2 N–H and O–H groups in total. The lowest BCUT2D eigenvalue weighted by molar-refractivity contribution is 0.403. The van der Waals surface area contributed by atoms with Crippen molar-refractivity contribution >= 4 is 52.0 Å². The second kappa shape index (κ2) is 9.39. The Morgan fingerprint density at radius 1 is 0.964 bits per heavy atom. The second-order valence-corrected chi connectivity index (χ2v) is 8.28. The van der Waals surface area contributed by atoms with E-state index in [9.17, 15) is 0 Å². The molecule has 1 fully saturated rings. The first-order valence-corrected chi connectivity index (χ1v) is 11.0. The van der Waals surface area contributed by atoms with Crippen molar-refractivity contribution in [3.05, 3.63) is 57.0 Å². The minimum Gasteiger partial charge on any atom is -0.371 e. The molecule has 2 aromatic rings. The Kier molecular flexibility index (Phi) is 7.14. The maximum Gasteiger partial charge on any atom is 0.127 e. The van der Waals surface area contributed by atoms with E-state index in [1.807, 2.05) is 44.2 Å². The summed E-state index contributed by atoms with van der Waals surface area (Å²) in [6.45, 7) is 4.58. The van der Waals surface area contributed by atoms with Gasteiger partial charge in [-0.15, -0.1) is 0 Å². The zero-order chi connectivity index (χ0) is 20.1. The molecule has 0 saturated heterocycles. The van der Waals surface area contributed by atoms with Gasteiger partial charge in [0.15, 0.2) is 0 Å². The van der Waals surface area contributed by atoms with Gasteiger partial charge in [-0.25, -0.2) is 0 Å². The fourth-order valence-corrected chi connectivity index (χ4v) is 4.62. The zero-order valence-corrected chi connectivity index (χ0v) is 18.6. The molecule has 2 aromatic carbocycles. The zero-order valence-electron chi connectivity index (χ0n) is 16.3. The minimum absolute atomic E-state index is 0.183. The van der Waals surface area contributed by atoms with Gasteiger partial charge >= 0.3 is 0 Å². The normalized spacial score (nSPS) is 18.5. The van der Waals surface area contributed by atoms with E-state index < -0.39 is 0 Å². The van der Waals surface area contributed by atoms with Gasteiger partial charge in [0.1, 0.15) is 5.84 Å². The molecule has 1 spiro atoms. The summed E-state index contributed by atoms with van der Waals surface area (Å²) in [5, 5.41) is 9.17. The van der Waals surface area contributed by atoms with Crippen LogP contribution in [-0.4, -0.2) is 11.4 Å². The van der Waals surface area contributed by atoms with E-state index in [-0.39, 0.29) is 5.54 Å². The van der Waals surface area contributed by atoms with E-state index in [4.69, 9.17) is 39.8 Å². The molecule has 0 aromatic heterocycles. The van der Waals surface area contributed by atoms with E-state index in [0.717, 1.165) is 40.6 Å². The first-order chi connectivity index (χ1) is 13.6. The number of fused-ring (bicyclic) bond motifs is 1. The van der Waals surface area contributed by atoms with Crippen LogP contribution >= 0.6 is 34.8 Å². The van der Waals surface area contributed by atoms with Crippen LogP contribution in [0.4, 0.5) is 11.4 Å². The molecule has 3 nitrogen and oxygen atoms in total. The Morgan fingerprint density at radius 3 is 2.43 bits per heavy atom. The monoisotopic (exact) mass is 437 g/mol. The summed E-state index contributed by atoms with van der Waals surface area (Å²) in [4.78, 5) is 4.93. The summed E-state index contributed by atoms with van der Waals surface area (Å²) in [6.07, 6.45) is 5.69. The number of halogens is 3. The van der Waals surface area contributed by atoms with Crippen LogP contribution < -0.4 is 10.6 Å². The van der Waals surface area contributed by atoms with Gasteiger partial charge < -0.3 is 10.6 Å². The summed E-state index contributed by atoms with van der Waals surface area (Å²) in [5.41, 5.74) is 2.70. The van der Waals surface area contributed by atoms with Crippen molar-refractivity contribution in [2.75, 3.05) is 10.6 Å². The van der Waals surface area contributed by atoms with Crippen LogP contribution in [0.25, 0.3) is 0 Å². The Morgan fingerprint density at radius 2 is 1.71 bits per heavy atom. The van der Waals surface area contributed by atoms with Crippen molar-refractivity contribution in [3.8, 4) is 0 Å². The third-order valence-electron chi connectivity index (χ3n) is 5.14. The lowest BCUT2D eigenvalue weighted by atomic mass is 9.79. The van der Waals surface area contributed by atoms with Crippen molar-refractivity contribution in [1.29, 1.82) is 0 Å². The van der Waals surface area contributed by atoms with Crippen molar-refractivity contribution in [1.82, 2.24) is 0 Å². The highest BCUT2D eigenvalue weighted by atomic mass is 35.5. The summed E-state index contributed by atoms with van der Waals surface area (Å²) in [6, 6.07) is 11.5. The van der Waals surface area contributed by atoms with Crippen LogP contribution in [0.2, 0.25) is 15.1 Å². The third kappa shape index (κ3) is 4.59. The number of anilines is 2. The molecule has 1 saturated carbocycles. The summed E-state index contributed by atoms with van der Waals surface area (Å²) < 4.78 is 0. The predicted octanol–water partition coefficient (Wildman–Crippen LogP) is 7.81. The highest BCUT2D eigenvalue weighted by Crippen LogP contribution is 2.43.